The van der Waals surface area contributed by atoms with E-state index in [-0.39, 0.29) is 30.5 Å². The first-order valence-corrected chi connectivity index (χ1v) is 5.96. The van der Waals surface area contributed by atoms with Crippen molar-refractivity contribution in [3.05, 3.63) is 0 Å². The molecule has 2 amide bonds. The van der Waals surface area contributed by atoms with E-state index >= 15 is 0 Å². The van der Waals surface area contributed by atoms with Gasteiger partial charge in [0.2, 0.25) is 11.8 Å². The van der Waals surface area contributed by atoms with Gasteiger partial charge in [0.05, 0.1) is 25.7 Å². The van der Waals surface area contributed by atoms with Crippen LogP contribution >= 0.6 is 0 Å². The lowest BCUT2D eigenvalue weighted by molar-refractivity contribution is -0.128. The molecular weight excluding hydrogens is 222 g/mol. The van der Waals surface area contributed by atoms with E-state index in [1.54, 1.807) is 0 Å². The van der Waals surface area contributed by atoms with Crippen LogP contribution in [0.4, 0.5) is 0 Å². The van der Waals surface area contributed by atoms with Gasteiger partial charge in [-0.05, 0) is 13.8 Å². The van der Waals surface area contributed by atoms with Crippen molar-refractivity contribution in [2.24, 2.45) is 0 Å². The second-order valence-electron chi connectivity index (χ2n) is 4.40. The quantitative estimate of drug-likeness (QED) is 0.579. The van der Waals surface area contributed by atoms with E-state index in [0.717, 1.165) is 6.54 Å². The van der Waals surface area contributed by atoms with E-state index in [1.807, 2.05) is 13.8 Å². The van der Waals surface area contributed by atoms with Gasteiger partial charge in [0.1, 0.15) is 0 Å². The maximum Gasteiger partial charge on any atom is 0.239 e. The van der Waals surface area contributed by atoms with Crippen LogP contribution in [0.2, 0.25) is 0 Å². The molecule has 3 N–H and O–H groups in total. The van der Waals surface area contributed by atoms with Crippen molar-refractivity contribution < 1.29 is 14.3 Å². The van der Waals surface area contributed by atoms with Crippen LogP contribution in [0.15, 0.2) is 0 Å². The molecule has 0 aliphatic carbocycles. The average molecular weight is 243 g/mol. The van der Waals surface area contributed by atoms with E-state index in [0.29, 0.717) is 19.6 Å². The summed E-state index contributed by atoms with van der Waals surface area (Å²) in [6.07, 6.45) is 0.207. The first kappa shape index (κ1) is 13.9. The van der Waals surface area contributed by atoms with Crippen LogP contribution in [0, 0.1) is 0 Å². The third-order valence-electron chi connectivity index (χ3n) is 2.31. The fourth-order valence-corrected chi connectivity index (χ4v) is 1.58. The molecule has 0 aromatic heterocycles. The van der Waals surface area contributed by atoms with Gasteiger partial charge < -0.3 is 20.7 Å². The smallest absolute Gasteiger partial charge is 0.239 e. The zero-order chi connectivity index (χ0) is 12.7. The maximum atomic E-state index is 11.5. The number of carbonyl (C=O) groups excluding carboxylic acids is 2. The summed E-state index contributed by atoms with van der Waals surface area (Å²) in [4.78, 5) is 22.8. The van der Waals surface area contributed by atoms with Crippen molar-refractivity contribution in [1.29, 1.82) is 0 Å². The van der Waals surface area contributed by atoms with E-state index in [9.17, 15) is 9.59 Å². The molecule has 17 heavy (non-hydrogen) atoms. The van der Waals surface area contributed by atoms with Crippen LogP contribution in [0.1, 0.15) is 20.3 Å². The molecule has 1 aliphatic heterocycles. The lowest BCUT2D eigenvalue weighted by Gasteiger charge is -2.23. The number of hydrogen-bond acceptors (Lipinski definition) is 4. The number of rotatable bonds is 5. The fraction of sp³-hybridized carbons (Fsp3) is 0.818. The molecule has 0 radical (unpaired) electrons. The summed E-state index contributed by atoms with van der Waals surface area (Å²) in [6, 6.07) is 0.0882. The lowest BCUT2D eigenvalue weighted by atomic mass is 10.2. The van der Waals surface area contributed by atoms with Crippen molar-refractivity contribution in [3.8, 4) is 0 Å². The Morgan fingerprint density at radius 1 is 1.41 bits per heavy atom. The lowest BCUT2D eigenvalue weighted by Crippen LogP contribution is -2.44. The molecule has 1 heterocycles. The molecule has 1 fully saturated rings. The standard InChI is InChI=1S/C11H21N3O3/c1-8(2)14-11(16)7-13-10(15)5-9-6-12-3-4-17-9/h8-9,12H,3-7H2,1-2H3,(H,13,15)(H,14,16). The summed E-state index contributed by atoms with van der Waals surface area (Å²) in [7, 11) is 0. The summed E-state index contributed by atoms with van der Waals surface area (Å²) in [6.45, 7) is 5.92. The number of carbonyl (C=O) groups is 2. The summed E-state index contributed by atoms with van der Waals surface area (Å²) < 4.78 is 5.40. The highest BCUT2D eigenvalue weighted by Gasteiger charge is 2.17. The molecule has 0 bridgehead atoms. The van der Waals surface area contributed by atoms with Gasteiger partial charge in [-0.25, -0.2) is 0 Å². The van der Waals surface area contributed by atoms with E-state index < -0.39 is 0 Å². The molecule has 6 nitrogen and oxygen atoms in total. The Kier molecular flexibility index (Phi) is 5.93. The zero-order valence-corrected chi connectivity index (χ0v) is 10.4. The number of nitrogens with one attached hydrogen (secondary N) is 3. The molecule has 1 saturated heterocycles. The molecule has 6 heteroatoms. The van der Waals surface area contributed by atoms with Crippen LogP contribution in [-0.4, -0.2) is 50.2 Å². The minimum atomic E-state index is -0.170. The molecule has 0 saturated carbocycles. The first-order valence-electron chi connectivity index (χ1n) is 5.96. The van der Waals surface area contributed by atoms with Gasteiger partial charge in [-0.2, -0.15) is 0 Å². The topological polar surface area (TPSA) is 79.5 Å². The molecule has 0 aromatic rings. The Morgan fingerprint density at radius 3 is 2.76 bits per heavy atom. The van der Waals surface area contributed by atoms with E-state index in [2.05, 4.69) is 16.0 Å². The van der Waals surface area contributed by atoms with Crippen molar-refractivity contribution in [1.82, 2.24) is 16.0 Å². The predicted octanol–water partition coefficient (Wildman–Crippen LogP) is -0.994. The van der Waals surface area contributed by atoms with Gasteiger partial charge in [-0.3, -0.25) is 9.59 Å². The van der Waals surface area contributed by atoms with E-state index in [4.69, 9.17) is 4.74 Å². The van der Waals surface area contributed by atoms with Crippen molar-refractivity contribution in [2.75, 3.05) is 26.2 Å². The zero-order valence-electron chi connectivity index (χ0n) is 10.4. The molecule has 0 spiro atoms. The summed E-state index contributed by atoms with van der Waals surface area (Å²) in [5, 5.41) is 8.43. The maximum absolute atomic E-state index is 11.5. The van der Waals surface area contributed by atoms with Crippen LogP contribution in [0.3, 0.4) is 0 Å². The second-order valence-corrected chi connectivity index (χ2v) is 4.40. The predicted molar refractivity (Wildman–Crippen MR) is 63.5 cm³/mol. The highest BCUT2D eigenvalue weighted by Crippen LogP contribution is 2.00. The van der Waals surface area contributed by atoms with Gasteiger partial charge in [0, 0.05) is 19.1 Å². The summed E-state index contributed by atoms with van der Waals surface area (Å²) >= 11 is 0. The third-order valence-corrected chi connectivity index (χ3v) is 2.31. The van der Waals surface area contributed by atoms with Gasteiger partial charge in [-0.15, -0.1) is 0 Å². The SMILES string of the molecule is CC(C)NC(=O)CNC(=O)CC1CNCCO1. The molecule has 1 aliphatic rings. The largest absolute Gasteiger partial charge is 0.375 e. The highest BCUT2D eigenvalue weighted by atomic mass is 16.5. The number of hydrogen-bond donors (Lipinski definition) is 3. The van der Waals surface area contributed by atoms with Gasteiger partial charge in [0.25, 0.3) is 0 Å². The van der Waals surface area contributed by atoms with Crippen LogP contribution < -0.4 is 16.0 Å². The number of amides is 2. The Balaban J connectivity index is 2.14. The van der Waals surface area contributed by atoms with Crippen molar-refractivity contribution in [3.63, 3.8) is 0 Å². The number of ether oxygens (including phenoxy) is 1. The van der Waals surface area contributed by atoms with E-state index in [1.165, 1.54) is 0 Å². The van der Waals surface area contributed by atoms with Crippen LogP contribution in [0.25, 0.3) is 0 Å². The average Bonchev–Trinajstić information content (AvgIpc) is 2.27. The van der Waals surface area contributed by atoms with Crippen LogP contribution in [0.5, 0.6) is 0 Å². The normalized spacial score (nSPS) is 20.1. The van der Waals surface area contributed by atoms with Crippen LogP contribution in [-0.2, 0) is 14.3 Å². The second kappa shape index (κ2) is 7.24. The third kappa shape index (κ3) is 6.23. The van der Waals surface area contributed by atoms with Crippen molar-refractivity contribution >= 4 is 11.8 Å². The summed E-state index contributed by atoms with van der Waals surface area (Å²) in [5.41, 5.74) is 0. The first-order chi connectivity index (χ1) is 8.08. The minimum absolute atomic E-state index is 0.0250. The molecule has 0 aromatic carbocycles. The Bertz CT molecular complexity index is 263. The molecule has 1 atom stereocenters. The molecular formula is C11H21N3O3. The fourth-order valence-electron chi connectivity index (χ4n) is 1.58. The molecule has 1 rings (SSSR count). The Hall–Kier alpha value is -1.14. The van der Waals surface area contributed by atoms with Gasteiger partial charge in [0.15, 0.2) is 0 Å². The number of morpholine rings is 1. The summed E-state index contributed by atoms with van der Waals surface area (Å²) in [5.74, 6) is -0.325. The molecule has 1 unspecified atom stereocenters. The Morgan fingerprint density at radius 2 is 2.18 bits per heavy atom. The molecule has 98 valence electrons. The van der Waals surface area contributed by atoms with Gasteiger partial charge >= 0.3 is 0 Å². The minimum Gasteiger partial charge on any atom is -0.375 e. The highest BCUT2D eigenvalue weighted by molar-refractivity contribution is 5.84. The monoisotopic (exact) mass is 243 g/mol. The van der Waals surface area contributed by atoms with Crippen molar-refractivity contribution in [2.45, 2.75) is 32.4 Å². The van der Waals surface area contributed by atoms with Gasteiger partial charge in [-0.1, -0.05) is 0 Å². The Labute approximate surface area is 101 Å².